The number of ether oxygens (including phenoxy) is 1. The number of hydrogen-bond donors (Lipinski definition) is 1. The van der Waals surface area contributed by atoms with Crippen LogP contribution in [0.3, 0.4) is 0 Å². The molecule has 3 aromatic rings. The van der Waals surface area contributed by atoms with Crippen LogP contribution in [0.25, 0.3) is 6.08 Å². The van der Waals surface area contributed by atoms with Crippen LogP contribution < -0.4 is 14.9 Å². The van der Waals surface area contributed by atoms with Gasteiger partial charge >= 0.3 is 5.97 Å². The molecule has 0 fully saturated rings. The van der Waals surface area contributed by atoms with Gasteiger partial charge in [0, 0.05) is 4.47 Å². The lowest BCUT2D eigenvalue weighted by Crippen LogP contribution is -2.39. The van der Waals surface area contributed by atoms with Gasteiger partial charge in [0.05, 0.1) is 35.6 Å². The van der Waals surface area contributed by atoms with E-state index >= 15 is 0 Å². The van der Waals surface area contributed by atoms with Gasteiger partial charge in [-0.15, -0.1) is 0 Å². The Hall–Kier alpha value is -1.51. The van der Waals surface area contributed by atoms with Crippen molar-refractivity contribution >= 4 is 84.5 Å². The lowest BCUT2D eigenvalue weighted by atomic mass is 9.96. The topological polar surface area (TPSA) is 80.9 Å². The van der Waals surface area contributed by atoms with Crippen LogP contribution in [0.1, 0.15) is 31.0 Å². The second-order valence-corrected chi connectivity index (χ2v) is 11.4. The van der Waals surface area contributed by atoms with Crippen LogP contribution in [0.5, 0.6) is 5.75 Å². The lowest BCUT2D eigenvalue weighted by Gasteiger charge is -2.24. The molecule has 0 amide bonds. The highest BCUT2D eigenvalue weighted by molar-refractivity contribution is 14.1. The van der Waals surface area contributed by atoms with Gasteiger partial charge in [-0.3, -0.25) is 9.36 Å². The first kappa shape index (κ1) is 24.6. The maximum atomic E-state index is 13.6. The molecule has 6 nitrogen and oxygen atoms in total. The van der Waals surface area contributed by atoms with Crippen LogP contribution in [-0.2, 0) is 9.53 Å². The number of aromatic hydroxyl groups is 1. The van der Waals surface area contributed by atoms with E-state index in [1.54, 1.807) is 24.5 Å². The van der Waals surface area contributed by atoms with Gasteiger partial charge in [-0.1, -0.05) is 39.4 Å². The molecule has 10 heteroatoms. The highest BCUT2D eigenvalue weighted by atomic mass is 127. The Kier molecular flexibility index (Phi) is 7.46. The molecule has 1 aromatic heterocycles. The first-order valence-electron chi connectivity index (χ1n) is 9.84. The van der Waals surface area contributed by atoms with E-state index < -0.39 is 12.0 Å². The van der Waals surface area contributed by atoms with Gasteiger partial charge in [-0.25, -0.2) is 9.79 Å². The molecule has 0 unspecified atom stereocenters. The minimum absolute atomic E-state index is 0.222. The summed E-state index contributed by atoms with van der Waals surface area (Å²) in [7, 11) is 0. The number of aromatic nitrogens is 1. The second-order valence-electron chi connectivity index (χ2n) is 7.19. The van der Waals surface area contributed by atoms with Crippen molar-refractivity contribution in [2.24, 2.45) is 4.99 Å². The zero-order valence-electron chi connectivity index (χ0n) is 17.4. The molecule has 1 N–H and O–H groups in total. The zero-order valence-corrected chi connectivity index (χ0v) is 24.2. The monoisotopic (exact) mass is 750 g/mol. The first-order valence-corrected chi connectivity index (χ1v) is 13.6. The summed E-state index contributed by atoms with van der Waals surface area (Å²) in [5, 5.41) is 10.1. The number of esters is 1. The minimum Gasteiger partial charge on any atom is -0.506 e. The van der Waals surface area contributed by atoms with Crippen LogP contribution >= 0.6 is 72.4 Å². The number of carbonyl (C=O) groups excluding carboxylic acids is 1. The molecule has 0 spiro atoms. The second kappa shape index (κ2) is 10.0. The maximum absolute atomic E-state index is 13.6. The largest absolute Gasteiger partial charge is 0.506 e. The lowest BCUT2D eigenvalue weighted by molar-refractivity contribution is -0.139. The zero-order chi connectivity index (χ0) is 23.9. The molecule has 4 rings (SSSR count). The summed E-state index contributed by atoms with van der Waals surface area (Å²) in [6.07, 6.45) is 1.79. The van der Waals surface area contributed by atoms with E-state index in [2.05, 4.69) is 66.1 Å². The summed E-state index contributed by atoms with van der Waals surface area (Å²) >= 11 is 8.84. The van der Waals surface area contributed by atoms with Crippen LogP contribution in [0.2, 0.25) is 0 Å². The number of hydrogen-bond acceptors (Lipinski definition) is 6. The maximum Gasteiger partial charge on any atom is 0.338 e. The van der Waals surface area contributed by atoms with Crippen molar-refractivity contribution in [1.82, 2.24) is 4.57 Å². The molecule has 1 aliphatic rings. The standard InChI is InChI=1S/C23H17BrI2N2O4S/c1-3-32-22(31)18-11(2)27-23-28(19(18)13-4-6-14(24)7-5-13)21(30)17(33-23)10-12-8-15(25)20(29)16(26)9-12/h4-10,19,29H,3H2,1-2H3/b17-10-/t19-/m0/s1. The third-order valence-corrected chi connectivity index (χ3v) is 8.20. The van der Waals surface area contributed by atoms with Gasteiger partial charge in [0.25, 0.3) is 5.56 Å². The Morgan fingerprint density at radius 2 is 1.91 bits per heavy atom. The van der Waals surface area contributed by atoms with Crippen molar-refractivity contribution in [3.8, 4) is 5.75 Å². The van der Waals surface area contributed by atoms with Crippen molar-refractivity contribution in [3.05, 3.63) is 90.1 Å². The molecule has 0 saturated carbocycles. The van der Waals surface area contributed by atoms with Crippen molar-refractivity contribution in [2.75, 3.05) is 6.61 Å². The highest BCUT2D eigenvalue weighted by Crippen LogP contribution is 2.31. The summed E-state index contributed by atoms with van der Waals surface area (Å²) < 4.78 is 9.67. The Bertz CT molecular complexity index is 1450. The van der Waals surface area contributed by atoms with Gasteiger partial charge in [-0.05, 0) is 100 Å². The van der Waals surface area contributed by atoms with Crippen LogP contribution in [0, 0.1) is 7.14 Å². The summed E-state index contributed by atoms with van der Waals surface area (Å²) in [6.45, 7) is 3.74. The molecular formula is C23H17BrI2N2O4S. The SMILES string of the molecule is CCOC(=O)C1=C(C)N=c2s/c(=C\c3cc(I)c(O)c(I)c3)c(=O)n2[C@H]1c1ccc(Br)cc1. The Morgan fingerprint density at radius 3 is 2.52 bits per heavy atom. The molecule has 2 heterocycles. The molecule has 0 radical (unpaired) electrons. The molecule has 170 valence electrons. The number of thiazole rings is 1. The Balaban J connectivity index is 1.96. The highest BCUT2D eigenvalue weighted by Gasteiger charge is 2.33. The van der Waals surface area contributed by atoms with E-state index in [1.807, 2.05) is 36.4 Å². The van der Waals surface area contributed by atoms with E-state index in [0.29, 0.717) is 27.7 Å². The predicted octanol–water partition coefficient (Wildman–Crippen LogP) is 4.48. The minimum atomic E-state index is -0.643. The smallest absolute Gasteiger partial charge is 0.338 e. The average Bonchev–Trinajstić information content (AvgIpc) is 3.06. The Morgan fingerprint density at radius 1 is 1.27 bits per heavy atom. The van der Waals surface area contributed by atoms with Gasteiger partial charge in [0.1, 0.15) is 5.75 Å². The average molecular weight is 751 g/mol. The van der Waals surface area contributed by atoms with Crippen molar-refractivity contribution < 1.29 is 14.6 Å². The van der Waals surface area contributed by atoms with Gasteiger partial charge < -0.3 is 9.84 Å². The number of allylic oxidation sites excluding steroid dienone is 1. The van der Waals surface area contributed by atoms with E-state index in [-0.39, 0.29) is 17.9 Å². The number of phenolic OH excluding ortho intramolecular Hbond substituents is 1. The molecule has 0 saturated heterocycles. The van der Waals surface area contributed by atoms with E-state index in [0.717, 1.165) is 15.6 Å². The number of fused-ring (bicyclic) bond motifs is 1. The van der Waals surface area contributed by atoms with E-state index in [1.165, 1.54) is 11.3 Å². The fourth-order valence-electron chi connectivity index (χ4n) is 3.57. The molecule has 33 heavy (non-hydrogen) atoms. The summed E-state index contributed by atoms with van der Waals surface area (Å²) in [5.74, 6) is -0.261. The number of phenols is 1. The van der Waals surface area contributed by atoms with Crippen molar-refractivity contribution in [1.29, 1.82) is 0 Å². The summed E-state index contributed by atoms with van der Waals surface area (Å²) in [5.41, 5.74) is 2.24. The van der Waals surface area contributed by atoms with Gasteiger partial charge in [0.15, 0.2) is 4.80 Å². The van der Waals surface area contributed by atoms with Gasteiger partial charge in [0.2, 0.25) is 0 Å². The quantitative estimate of drug-likeness (QED) is 0.316. The van der Waals surface area contributed by atoms with Crippen molar-refractivity contribution in [2.45, 2.75) is 19.9 Å². The molecule has 1 aliphatic heterocycles. The number of nitrogens with zero attached hydrogens (tertiary/aromatic N) is 2. The molecule has 0 bridgehead atoms. The fraction of sp³-hybridized carbons (Fsp3) is 0.174. The molecular weight excluding hydrogens is 734 g/mol. The fourth-order valence-corrected chi connectivity index (χ4v) is 6.70. The number of halogens is 3. The first-order chi connectivity index (χ1) is 15.7. The number of rotatable bonds is 4. The third-order valence-electron chi connectivity index (χ3n) is 5.04. The molecule has 1 atom stereocenters. The summed E-state index contributed by atoms with van der Waals surface area (Å²) in [6, 6.07) is 10.5. The number of benzene rings is 2. The van der Waals surface area contributed by atoms with Gasteiger partial charge in [-0.2, -0.15) is 0 Å². The normalized spacial score (nSPS) is 15.9. The number of carbonyl (C=O) groups is 1. The van der Waals surface area contributed by atoms with Crippen LogP contribution in [0.15, 0.2) is 61.9 Å². The van der Waals surface area contributed by atoms with E-state index in [4.69, 9.17) is 4.74 Å². The van der Waals surface area contributed by atoms with Crippen LogP contribution in [-0.4, -0.2) is 22.2 Å². The van der Waals surface area contributed by atoms with E-state index in [9.17, 15) is 14.7 Å². The Labute approximate surface area is 229 Å². The van der Waals surface area contributed by atoms with Crippen molar-refractivity contribution in [3.63, 3.8) is 0 Å². The predicted molar refractivity (Wildman–Crippen MR) is 148 cm³/mol. The molecule has 2 aromatic carbocycles. The summed E-state index contributed by atoms with van der Waals surface area (Å²) in [4.78, 5) is 31.6. The molecule has 0 aliphatic carbocycles. The third kappa shape index (κ3) is 4.84. The van der Waals surface area contributed by atoms with Crippen LogP contribution in [0.4, 0.5) is 0 Å².